The highest BCUT2D eigenvalue weighted by molar-refractivity contribution is 6.00. The minimum atomic E-state index is -1.25. The molecule has 8 nitrogen and oxygen atoms in total. The fourth-order valence-electron chi connectivity index (χ4n) is 5.78. The van der Waals surface area contributed by atoms with E-state index in [9.17, 15) is 19.5 Å². The standard InChI is InChI=1S/C24H35N3O5/c1-14(2)15(13-28)27-19-22(31)26(23(3,4)5)12-8-10-24(19)18(21(27)30)17-16(32-24)9-7-11-25(6)20(17)29/h7-10,14-19,28H,11-13H2,1-6H3/t15-,16+,17-,18-,19?,24-/m0/s1. The Kier molecular flexibility index (Phi) is 5.53. The molecule has 4 aliphatic heterocycles. The van der Waals surface area contributed by atoms with Gasteiger partial charge in [-0.3, -0.25) is 14.4 Å². The van der Waals surface area contributed by atoms with Crippen LogP contribution in [0.5, 0.6) is 0 Å². The van der Waals surface area contributed by atoms with Crippen LogP contribution in [-0.2, 0) is 19.1 Å². The van der Waals surface area contributed by atoms with Gasteiger partial charge in [-0.1, -0.05) is 38.2 Å². The van der Waals surface area contributed by atoms with Crippen molar-refractivity contribution in [2.75, 3.05) is 26.7 Å². The molecule has 32 heavy (non-hydrogen) atoms. The number of carbonyl (C=O) groups excluding carboxylic acids is 3. The summed E-state index contributed by atoms with van der Waals surface area (Å²) in [5.41, 5.74) is -1.71. The lowest BCUT2D eigenvalue weighted by atomic mass is 9.77. The number of aliphatic hydroxyl groups is 1. The molecule has 0 bridgehead atoms. The zero-order chi connectivity index (χ0) is 23.6. The number of carbonyl (C=O) groups is 3. The predicted molar refractivity (Wildman–Crippen MR) is 118 cm³/mol. The third kappa shape index (κ3) is 3.14. The molecular weight excluding hydrogens is 410 g/mol. The molecule has 0 aromatic carbocycles. The highest BCUT2D eigenvalue weighted by Gasteiger charge is 2.72. The first-order chi connectivity index (χ1) is 15.0. The number of ether oxygens (including phenoxy) is 1. The van der Waals surface area contributed by atoms with Crippen LogP contribution in [0.15, 0.2) is 24.3 Å². The number of rotatable bonds is 3. The lowest BCUT2D eigenvalue weighted by molar-refractivity contribution is -0.154. The van der Waals surface area contributed by atoms with Crippen molar-refractivity contribution in [1.82, 2.24) is 14.7 Å². The molecule has 1 N–H and O–H groups in total. The summed E-state index contributed by atoms with van der Waals surface area (Å²) in [6.07, 6.45) is 6.89. The molecule has 4 rings (SSSR count). The van der Waals surface area contributed by atoms with Crippen LogP contribution in [0.1, 0.15) is 34.6 Å². The van der Waals surface area contributed by atoms with Gasteiger partial charge in [0.15, 0.2) is 0 Å². The molecular formula is C24H35N3O5. The average Bonchev–Trinajstić information content (AvgIpc) is 3.01. The Labute approximate surface area is 189 Å². The van der Waals surface area contributed by atoms with Crippen LogP contribution in [0.25, 0.3) is 0 Å². The second-order valence-corrected chi connectivity index (χ2v) is 10.8. The molecule has 4 heterocycles. The van der Waals surface area contributed by atoms with E-state index in [1.807, 2.05) is 58.9 Å². The SMILES string of the molecule is CC(C)[C@H](CO)N1C(=O)[C@@H]2[C@H]3C(=O)N(C)CC=C[C@H]3O[C@@]23C=CCN(C(C)(C)C)C(=O)C13. The Balaban J connectivity index is 1.91. The molecule has 6 atom stereocenters. The molecule has 4 aliphatic rings. The third-order valence-electron chi connectivity index (χ3n) is 7.42. The van der Waals surface area contributed by atoms with Gasteiger partial charge in [0.25, 0.3) is 0 Å². The van der Waals surface area contributed by atoms with Crippen LogP contribution in [0.2, 0.25) is 0 Å². The molecule has 0 radical (unpaired) electrons. The first-order valence-corrected chi connectivity index (χ1v) is 11.5. The Morgan fingerprint density at radius 1 is 1.12 bits per heavy atom. The van der Waals surface area contributed by atoms with E-state index in [1.165, 1.54) is 4.90 Å². The molecule has 8 heteroatoms. The highest BCUT2D eigenvalue weighted by atomic mass is 16.5. The second kappa shape index (κ2) is 7.70. The van der Waals surface area contributed by atoms with E-state index in [0.717, 1.165) is 0 Å². The fourth-order valence-corrected chi connectivity index (χ4v) is 5.78. The van der Waals surface area contributed by atoms with Crippen LogP contribution in [0.4, 0.5) is 0 Å². The van der Waals surface area contributed by atoms with Crippen molar-refractivity contribution in [2.24, 2.45) is 17.8 Å². The highest BCUT2D eigenvalue weighted by Crippen LogP contribution is 2.54. The van der Waals surface area contributed by atoms with E-state index in [2.05, 4.69) is 0 Å². The van der Waals surface area contributed by atoms with E-state index in [4.69, 9.17) is 4.74 Å². The summed E-state index contributed by atoms with van der Waals surface area (Å²) in [4.78, 5) is 46.3. The van der Waals surface area contributed by atoms with Crippen LogP contribution in [-0.4, -0.2) is 93.6 Å². The minimum Gasteiger partial charge on any atom is -0.394 e. The van der Waals surface area contributed by atoms with Crippen molar-refractivity contribution in [3.05, 3.63) is 24.3 Å². The van der Waals surface area contributed by atoms with Crippen molar-refractivity contribution in [3.63, 3.8) is 0 Å². The Morgan fingerprint density at radius 3 is 2.41 bits per heavy atom. The van der Waals surface area contributed by atoms with E-state index < -0.39 is 41.2 Å². The summed E-state index contributed by atoms with van der Waals surface area (Å²) in [6.45, 7) is 10.3. The predicted octanol–water partition coefficient (Wildman–Crippen LogP) is 0.809. The van der Waals surface area contributed by atoms with Crippen LogP contribution >= 0.6 is 0 Å². The zero-order valence-corrected chi connectivity index (χ0v) is 19.8. The van der Waals surface area contributed by atoms with E-state index >= 15 is 0 Å². The number of hydrogen-bond acceptors (Lipinski definition) is 5. The quantitative estimate of drug-likeness (QED) is 0.650. The number of likely N-dealkylation sites (N-methyl/N-ethyl adjacent to an activating group) is 1. The van der Waals surface area contributed by atoms with E-state index in [1.54, 1.807) is 16.8 Å². The Bertz CT molecular complexity index is 875. The van der Waals surface area contributed by atoms with Gasteiger partial charge < -0.3 is 24.5 Å². The van der Waals surface area contributed by atoms with Gasteiger partial charge in [0, 0.05) is 25.7 Å². The molecule has 1 spiro atoms. The monoisotopic (exact) mass is 445 g/mol. The van der Waals surface area contributed by atoms with Crippen LogP contribution < -0.4 is 0 Å². The maximum Gasteiger partial charge on any atom is 0.249 e. The summed E-state index contributed by atoms with van der Waals surface area (Å²) in [5, 5.41) is 10.2. The summed E-state index contributed by atoms with van der Waals surface area (Å²) >= 11 is 0. The summed E-state index contributed by atoms with van der Waals surface area (Å²) in [6, 6.07) is -1.49. The smallest absolute Gasteiger partial charge is 0.249 e. The molecule has 1 unspecified atom stereocenters. The van der Waals surface area contributed by atoms with Gasteiger partial charge in [-0.2, -0.15) is 0 Å². The van der Waals surface area contributed by atoms with Gasteiger partial charge in [0.1, 0.15) is 11.6 Å². The van der Waals surface area contributed by atoms with Crippen LogP contribution in [0.3, 0.4) is 0 Å². The van der Waals surface area contributed by atoms with Crippen LogP contribution in [0, 0.1) is 17.8 Å². The molecule has 0 saturated carbocycles. The summed E-state index contributed by atoms with van der Waals surface area (Å²) in [7, 11) is 1.72. The van der Waals surface area contributed by atoms with Crippen molar-refractivity contribution in [1.29, 1.82) is 0 Å². The number of amides is 3. The lowest BCUT2D eigenvalue weighted by Gasteiger charge is -2.42. The molecule has 0 aromatic heterocycles. The number of aliphatic hydroxyl groups excluding tert-OH is 1. The van der Waals surface area contributed by atoms with E-state index in [-0.39, 0.29) is 30.2 Å². The van der Waals surface area contributed by atoms with Crippen molar-refractivity contribution < 1.29 is 24.2 Å². The maximum atomic E-state index is 14.0. The summed E-state index contributed by atoms with van der Waals surface area (Å²) in [5.74, 6) is -2.25. The van der Waals surface area contributed by atoms with Gasteiger partial charge in [0.05, 0.1) is 30.6 Å². The molecule has 176 valence electrons. The topological polar surface area (TPSA) is 90.4 Å². The van der Waals surface area contributed by atoms with Gasteiger partial charge in [-0.05, 0) is 26.7 Å². The lowest BCUT2D eigenvalue weighted by Crippen LogP contribution is -2.61. The van der Waals surface area contributed by atoms with E-state index in [0.29, 0.717) is 13.1 Å². The number of likely N-dealkylation sites (tertiary alicyclic amines) is 1. The average molecular weight is 446 g/mol. The first kappa shape index (κ1) is 23.0. The largest absolute Gasteiger partial charge is 0.394 e. The Morgan fingerprint density at radius 2 is 1.81 bits per heavy atom. The number of hydrogen-bond donors (Lipinski definition) is 1. The zero-order valence-electron chi connectivity index (χ0n) is 19.8. The minimum absolute atomic E-state index is 0.0776. The molecule has 2 saturated heterocycles. The first-order valence-electron chi connectivity index (χ1n) is 11.5. The number of nitrogens with zero attached hydrogens (tertiary/aromatic N) is 3. The molecule has 2 fully saturated rings. The van der Waals surface area contributed by atoms with Crippen molar-refractivity contribution >= 4 is 17.7 Å². The van der Waals surface area contributed by atoms with Crippen molar-refractivity contribution in [2.45, 2.75) is 63.9 Å². The van der Waals surface area contributed by atoms with Gasteiger partial charge in [0.2, 0.25) is 17.7 Å². The van der Waals surface area contributed by atoms with Crippen molar-refractivity contribution in [3.8, 4) is 0 Å². The maximum absolute atomic E-state index is 14.0. The summed E-state index contributed by atoms with van der Waals surface area (Å²) < 4.78 is 6.55. The van der Waals surface area contributed by atoms with Gasteiger partial charge >= 0.3 is 0 Å². The Hall–Kier alpha value is -2.19. The third-order valence-corrected chi connectivity index (χ3v) is 7.42. The normalized spacial score (nSPS) is 35.8. The second-order valence-electron chi connectivity index (χ2n) is 10.8. The molecule has 0 aliphatic carbocycles. The fraction of sp³-hybridized carbons (Fsp3) is 0.708. The number of fused-ring (bicyclic) bond motifs is 2. The van der Waals surface area contributed by atoms with Gasteiger partial charge in [-0.15, -0.1) is 0 Å². The molecule has 3 amide bonds. The molecule has 0 aromatic rings. The van der Waals surface area contributed by atoms with Gasteiger partial charge in [-0.25, -0.2) is 0 Å².